The first-order valence-electron chi connectivity index (χ1n) is 4.00. The van der Waals surface area contributed by atoms with E-state index < -0.39 is 42.4 Å². The van der Waals surface area contributed by atoms with Crippen molar-refractivity contribution in [1.82, 2.24) is 4.98 Å². The molecule has 0 atom stereocenters. The Morgan fingerprint density at radius 2 is 2.11 bits per heavy atom. The van der Waals surface area contributed by atoms with Gasteiger partial charge in [-0.25, -0.2) is 17.2 Å². The zero-order chi connectivity index (χ0) is 14.1. The van der Waals surface area contributed by atoms with Crippen molar-refractivity contribution in [2.24, 2.45) is 0 Å². The summed E-state index contributed by atoms with van der Waals surface area (Å²) in [5.41, 5.74) is -2.28. The zero-order valence-corrected chi connectivity index (χ0v) is 9.74. The van der Waals surface area contributed by atoms with Crippen molar-refractivity contribution < 1.29 is 22.1 Å². The van der Waals surface area contributed by atoms with Crippen molar-refractivity contribution >= 4 is 25.6 Å². The molecule has 0 bridgehead atoms. The van der Waals surface area contributed by atoms with E-state index >= 15 is 0 Å². The van der Waals surface area contributed by atoms with Crippen LogP contribution in [0.1, 0.15) is 17.7 Å². The molecular weight excluding hydrogens is 296 g/mol. The van der Waals surface area contributed by atoms with Gasteiger partial charge in [0.15, 0.2) is 4.90 Å². The summed E-state index contributed by atoms with van der Waals surface area (Å²) < 4.78 is 47.4. The highest BCUT2D eigenvalue weighted by atomic mass is 35.7. The van der Waals surface area contributed by atoms with Crippen LogP contribution >= 0.6 is 10.7 Å². The molecule has 0 fully saturated rings. The monoisotopic (exact) mass is 297 g/mol. The average molecular weight is 298 g/mol. The van der Waals surface area contributed by atoms with E-state index in [2.05, 4.69) is 4.98 Å². The Bertz CT molecular complexity index is 655. The highest BCUT2D eigenvalue weighted by molar-refractivity contribution is 8.13. The van der Waals surface area contributed by atoms with E-state index in [1.54, 1.807) is 0 Å². The van der Waals surface area contributed by atoms with E-state index in [1.165, 1.54) is 6.07 Å². The minimum Gasteiger partial charge on any atom is -0.358 e. The number of halogens is 3. The fourth-order valence-electron chi connectivity index (χ4n) is 1.13. The van der Waals surface area contributed by atoms with E-state index in [1.807, 2.05) is 0 Å². The molecular formula is C7H2ClF2N3O4S. The number of pyridine rings is 1. The molecule has 11 heteroatoms. The standard InChI is InChI=1S/C7H2ClF2N3O4S/c8-18(16,17)6-3(7(9)10)1-5(13(14)15)12-4(6)2-11/h1,7H. The van der Waals surface area contributed by atoms with Crippen molar-refractivity contribution in [2.45, 2.75) is 11.3 Å². The molecule has 0 spiro atoms. The summed E-state index contributed by atoms with van der Waals surface area (Å²) in [4.78, 5) is 11.1. The Morgan fingerprint density at radius 1 is 1.56 bits per heavy atom. The molecule has 0 saturated heterocycles. The third-order valence-electron chi connectivity index (χ3n) is 1.76. The van der Waals surface area contributed by atoms with Crippen molar-refractivity contribution in [1.29, 1.82) is 5.26 Å². The van der Waals surface area contributed by atoms with Crippen molar-refractivity contribution in [3.63, 3.8) is 0 Å². The summed E-state index contributed by atoms with van der Waals surface area (Å²) in [6, 6.07) is 1.44. The second-order valence-electron chi connectivity index (χ2n) is 2.85. The van der Waals surface area contributed by atoms with Crippen molar-refractivity contribution in [2.75, 3.05) is 0 Å². The molecule has 0 aliphatic carbocycles. The maximum atomic E-state index is 12.6. The fourth-order valence-corrected chi connectivity index (χ4v) is 2.36. The van der Waals surface area contributed by atoms with Crippen molar-refractivity contribution in [3.05, 3.63) is 27.4 Å². The summed E-state index contributed by atoms with van der Waals surface area (Å²) in [6.45, 7) is 0. The molecule has 0 unspecified atom stereocenters. The van der Waals surface area contributed by atoms with Crippen LogP contribution in [0.2, 0.25) is 0 Å². The molecule has 0 aromatic carbocycles. The first-order valence-corrected chi connectivity index (χ1v) is 6.31. The maximum Gasteiger partial charge on any atom is 0.365 e. The van der Waals surface area contributed by atoms with Crippen LogP contribution in [0.25, 0.3) is 0 Å². The number of aromatic nitrogens is 1. The highest BCUT2D eigenvalue weighted by Gasteiger charge is 2.32. The quantitative estimate of drug-likeness (QED) is 0.477. The van der Waals surface area contributed by atoms with Crippen LogP contribution in [0.3, 0.4) is 0 Å². The molecule has 0 N–H and O–H groups in total. The van der Waals surface area contributed by atoms with E-state index in [0.717, 1.165) is 0 Å². The molecule has 1 rings (SSSR count). The molecule has 1 heterocycles. The molecule has 1 aromatic heterocycles. The molecule has 0 aliphatic rings. The van der Waals surface area contributed by atoms with Gasteiger partial charge in [-0.05, 0) is 9.91 Å². The molecule has 0 amide bonds. The third-order valence-corrected chi connectivity index (χ3v) is 3.14. The van der Waals surface area contributed by atoms with Gasteiger partial charge in [0.2, 0.25) is 0 Å². The maximum absolute atomic E-state index is 12.6. The molecule has 18 heavy (non-hydrogen) atoms. The Labute approximate surface area is 103 Å². The van der Waals surface area contributed by atoms with Crippen LogP contribution in [0, 0.1) is 21.4 Å². The smallest absolute Gasteiger partial charge is 0.358 e. The zero-order valence-electron chi connectivity index (χ0n) is 8.17. The highest BCUT2D eigenvalue weighted by Crippen LogP contribution is 2.32. The van der Waals surface area contributed by atoms with E-state index in [0.29, 0.717) is 0 Å². The average Bonchev–Trinajstić information content (AvgIpc) is 2.25. The molecule has 1 aromatic rings. The van der Waals surface area contributed by atoms with Gasteiger partial charge in [-0.15, -0.1) is 0 Å². The first kappa shape index (κ1) is 14.2. The largest absolute Gasteiger partial charge is 0.365 e. The molecule has 7 nitrogen and oxygen atoms in total. The van der Waals surface area contributed by atoms with E-state index in [9.17, 15) is 27.3 Å². The summed E-state index contributed by atoms with van der Waals surface area (Å²) in [6.07, 6.45) is -3.36. The normalized spacial score (nSPS) is 11.3. The number of nitriles is 1. The first-order chi connectivity index (χ1) is 8.18. The molecule has 0 radical (unpaired) electrons. The second-order valence-corrected chi connectivity index (χ2v) is 5.36. The fraction of sp³-hybridized carbons (Fsp3) is 0.143. The lowest BCUT2D eigenvalue weighted by atomic mass is 10.2. The number of rotatable bonds is 3. The Hall–Kier alpha value is -1.86. The predicted octanol–water partition coefficient (Wildman–Crippen LogP) is 1.73. The molecule has 96 valence electrons. The minimum atomic E-state index is -4.68. The lowest BCUT2D eigenvalue weighted by molar-refractivity contribution is -0.389. The van der Waals surface area contributed by atoms with E-state index in [-0.39, 0.29) is 6.07 Å². The minimum absolute atomic E-state index is 0.265. The lowest BCUT2D eigenvalue weighted by Crippen LogP contribution is -2.07. The molecule has 0 aliphatic heterocycles. The van der Waals surface area contributed by atoms with Crippen LogP contribution in [0.5, 0.6) is 0 Å². The van der Waals surface area contributed by atoms with Gasteiger partial charge in [0.05, 0.1) is 5.56 Å². The number of hydrogen-bond acceptors (Lipinski definition) is 6. The van der Waals surface area contributed by atoms with Crippen LogP contribution < -0.4 is 0 Å². The summed E-state index contributed by atoms with van der Waals surface area (Å²) in [7, 11) is 0.222. The van der Waals surface area contributed by atoms with Gasteiger partial charge in [0.1, 0.15) is 6.07 Å². The van der Waals surface area contributed by atoms with Crippen LogP contribution in [-0.2, 0) is 9.05 Å². The third kappa shape index (κ3) is 2.69. The Morgan fingerprint density at radius 3 is 2.44 bits per heavy atom. The predicted molar refractivity (Wildman–Crippen MR) is 53.6 cm³/mol. The van der Waals surface area contributed by atoms with E-state index in [4.69, 9.17) is 15.9 Å². The van der Waals surface area contributed by atoms with Gasteiger partial charge < -0.3 is 10.1 Å². The topological polar surface area (TPSA) is 114 Å². The van der Waals surface area contributed by atoms with Crippen LogP contribution in [-0.4, -0.2) is 18.3 Å². The van der Waals surface area contributed by atoms with Gasteiger partial charge in [-0.2, -0.15) is 5.26 Å². The second kappa shape index (κ2) is 4.79. The van der Waals surface area contributed by atoms with Gasteiger partial charge in [-0.1, -0.05) is 0 Å². The number of nitro groups is 1. The Balaban J connectivity index is 3.81. The SMILES string of the molecule is N#Cc1nc([N+](=O)[O-])cc(C(F)F)c1S(=O)(=O)Cl. The van der Waals surface area contributed by atoms with Crippen molar-refractivity contribution in [3.8, 4) is 6.07 Å². The van der Waals surface area contributed by atoms with Gasteiger partial charge in [-0.3, -0.25) is 0 Å². The van der Waals surface area contributed by atoms with Gasteiger partial charge >= 0.3 is 5.82 Å². The van der Waals surface area contributed by atoms with Crippen LogP contribution in [0.4, 0.5) is 14.6 Å². The summed E-state index contributed by atoms with van der Waals surface area (Å²) in [5, 5.41) is 19.0. The van der Waals surface area contributed by atoms with Crippen LogP contribution in [0.15, 0.2) is 11.0 Å². The van der Waals surface area contributed by atoms with Gasteiger partial charge in [0, 0.05) is 16.7 Å². The number of hydrogen-bond donors (Lipinski definition) is 0. The Kier molecular flexibility index (Phi) is 3.78. The van der Waals surface area contributed by atoms with Gasteiger partial charge in [0.25, 0.3) is 21.2 Å². The number of nitrogens with zero attached hydrogens (tertiary/aromatic N) is 3. The molecule has 0 saturated carbocycles. The summed E-state index contributed by atoms with van der Waals surface area (Å²) >= 11 is 0. The lowest BCUT2D eigenvalue weighted by Gasteiger charge is -2.05. The summed E-state index contributed by atoms with van der Waals surface area (Å²) in [5.74, 6) is -1.06. The number of alkyl halides is 2.